The fourth-order valence-electron chi connectivity index (χ4n) is 2.85. The molecule has 2 atom stereocenters. The van der Waals surface area contributed by atoms with E-state index in [2.05, 4.69) is 20.8 Å². The van der Waals surface area contributed by atoms with Gasteiger partial charge in [-0.3, -0.25) is 0 Å². The zero-order valence-corrected chi connectivity index (χ0v) is 11.8. The average Bonchev–Trinajstić information content (AvgIpc) is 3.07. The Labute approximate surface area is 117 Å². The molecule has 1 aliphatic rings. The van der Waals surface area contributed by atoms with Crippen LogP contribution in [0.3, 0.4) is 0 Å². The summed E-state index contributed by atoms with van der Waals surface area (Å²) in [5.41, 5.74) is 7.87. The lowest BCUT2D eigenvalue weighted by molar-refractivity contribution is 0.533. The Hall–Kier alpha value is -1.49. The monoisotopic (exact) mass is 274 g/mol. The number of nitrogens with two attached hydrogens (primary N) is 1. The molecule has 100 valence electrons. The van der Waals surface area contributed by atoms with Crippen LogP contribution in [0.2, 0.25) is 0 Å². The maximum Gasteiger partial charge on any atom is 0.123 e. The molecule has 0 saturated heterocycles. The molecule has 0 radical (unpaired) electrons. The van der Waals surface area contributed by atoms with E-state index in [1.54, 1.807) is 0 Å². The first-order valence-electron chi connectivity index (χ1n) is 6.56. The third-order valence-electron chi connectivity index (χ3n) is 3.83. The van der Waals surface area contributed by atoms with Gasteiger partial charge in [0.15, 0.2) is 0 Å². The summed E-state index contributed by atoms with van der Waals surface area (Å²) in [6.07, 6.45) is 11.7. The second-order valence-corrected chi connectivity index (χ2v) is 6.01. The fourth-order valence-corrected chi connectivity index (χ4v) is 3.83. The number of hydrogen-bond donors (Lipinski definition) is 1. The Bertz CT molecular complexity index is 549. The largest absolute Gasteiger partial charge is 0.384 e. The van der Waals surface area contributed by atoms with Gasteiger partial charge in [0.25, 0.3) is 0 Å². The standard InChI is InChI=1S/C14H18N4S/c1-19-13-4-2-3-11(13)18-9-16-8-12(18)10-5-6-14(15)17-7-10/h5-9,11,13H,2-4H2,1H3,(H2,15,17). The predicted molar refractivity (Wildman–Crippen MR) is 80.1 cm³/mol. The molecule has 19 heavy (non-hydrogen) atoms. The second-order valence-electron chi connectivity index (χ2n) is 4.93. The van der Waals surface area contributed by atoms with Crippen LogP contribution >= 0.6 is 11.8 Å². The quantitative estimate of drug-likeness (QED) is 0.935. The Morgan fingerprint density at radius 2 is 2.21 bits per heavy atom. The SMILES string of the molecule is CSC1CCCC1n1cncc1-c1ccc(N)nc1. The number of nitrogens with zero attached hydrogens (tertiary/aromatic N) is 3. The van der Waals surface area contributed by atoms with Crippen molar-refractivity contribution in [1.29, 1.82) is 0 Å². The lowest BCUT2D eigenvalue weighted by atomic mass is 10.2. The van der Waals surface area contributed by atoms with Crippen LogP contribution in [0.25, 0.3) is 11.3 Å². The van der Waals surface area contributed by atoms with Gasteiger partial charge in [-0.2, -0.15) is 11.8 Å². The van der Waals surface area contributed by atoms with Gasteiger partial charge < -0.3 is 10.3 Å². The van der Waals surface area contributed by atoms with Crippen LogP contribution < -0.4 is 5.73 Å². The van der Waals surface area contributed by atoms with E-state index >= 15 is 0 Å². The molecule has 0 aliphatic heterocycles. The van der Waals surface area contributed by atoms with Crippen molar-refractivity contribution in [3.05, 3.63) is 30.9 Å². The van der Waals surface area contributed by atoms with Crippen LogP contribution in [0, 0.1) is 0 Å². The second kappa shape index (κ2) is 5.25. The normalized spacial score (nSPS) is 22.8. The average molecular weight is 274 g/mol. The number of rotatable bonds is 3. The van der Waals surface area contributed by atoms with Crippen molar-refractivity contribution in [2.75, 3.05) is 12.0 Å². The molecule has 0 aromatic carbocycles. The lowest BCUT2D eigenvalue weighted by Crippen LogP contribution is -2.15. The van der Waals surface area contributed by atoms with Gasteiger partial charge in [0, 0.05) is 23.1 Å². The van der Waals surface area contributed by atoms with E-state index in [-0.39, 0.29) is 0 Å². The van der Waals surface area contributed by atoms with Crippen molar-refractivity contribution in [2.45, 2.75) is 30.6 Å². The molecule has 2 heterocycles. The van der Waals surface area contributed by atoms with Crippen molar-refractivity contribution < 1.29 is 0 Å². The van der Waals surface area contributed by atoms with Crippen LogP contribution in [0.5, 0.6) is 0 Å². The van der Waals surface area contributed by atoms with Crippen molar-refractivity contribution in [1.82, 2.24) is 14.5 Å². The molecule has 0 bridgehead atoms. The minimum absolute atomic E-state index is 0.546. The van der Waals surface area contributed by atoms with Crippen LogP contribution in [-0.4, -0.2) is 26.0 Å². The molecule has 3 rings (SSSR count). The first-order valence-corrected chi connectivity index (χ1v) is 7.85. The zero-order chi connectivity index (χ0) is 13.2. The Morgan fingerprint density at radius 3 is 2.95 bits per heavy atom. The van der Waals surface area contributed by atoms with Crippen molar-refractivity contribution >= 4 is 17.6 Å². The summed E-state index contributed by atoms with van der Waals surface area (Å²) in [6, 6.07) is 4.40. The highest BCUT2D eigenvalue weighted by Crippen LogP contribution is 2.39. The number of aromatic nitrogens is 3. The van der Waals surface area contributed by atoms with Gasteiger partial charge in [-0.1, -0.05) is 6.42 Å². The third-order valence-corrected chi connectivity index (χ3v) is 4.98. The molecule has 2 aromatic heterocycles. The smallest absolute Gasteiger partial charge is 0.123 e. The van der Waals surface area contributed by atoms with E-state index in [1.165, 1.54) is 19.3 Å². The minimum Gasteiger partial charge on any atom is -0.384 e. The number of nitrogen functional groups attached to an aromatic ring is 1. The summed E-state index contributed by atoms with van der Waals surface area (Å²) in [7, 11) is 0. The van der Waals surface area contributed by atoms with Crippen LogP contribution in [0.1, 0.15) is 25.3 Å². The maximum atomic E-state index is 5.65. The zero-order valence-electron chi connectivity index (χ0n) is 11.0. The molecule has 0 amide bonds. The van der Waals surface area contributed by atoms with Crippen LogP contribution in [-0.2, 0) is 0 Å². The summed E-state index contributed by atoms with van der Waals surface area (Å²) in [5.74, 6) is 0.553. The van der Waals surface area contributed by atoms with Crippen molar-refractivity contribution in [3.63, 3.8) is 0 Å². The Balaban J connectivity index is 1.96. The number of imidazole rings is 1. The summed E-state index contributed by atoms with van der Waals surface area (Å²) in [6.45, 7) is 0. The summed E-state index contributed by atoms with van der Waals surface area (Å²) in [4.78, 5) is 8.50. The van der Waals surface area contributed by atoms with Crippen LogP contribution in [0.4, 0.5) is 5.82 Å². The van der Waals surface area contributed by atoms with Gasteiger partial charge in [-0.25, -0.2) is 9.97 Å². The molecule has 2 aromatic rings. The topological polar surface area (TPSA) is 56.7 Å². The van der Waals surface area contributed by atoms with Gasteiger partial charge >= 0.3 is 0 Å². The van der Waals surface area contributed by atoms with E-state index in [0.29, 0.717) is 17.1 Å². The summed E-state index contributed by atoms with van der Waals surface area (Å²) >= 11 is 1.96. The first-order chi connectivity index (χ1) is 9.29. The molecule has 1 aliphatic carbocycles. The van der Waals surface area contributed by atoms with E-state index in [1.807, 2.05) is 42.6 Å². The fraction of sp³-hybridized carbons (Fsp3) is 0.429. The Morgan fingerprint density at radius 1 is 1.32 bits per heavy atom. The maximum absolute atomic E-state index is 5.65. The molecule has 0 spiro atoms. The van der Waals surface area contributed by atoms with Crippen LogP contribution in [0.15, 0.2) is 30.9 Å². The molecule has 4 nitrogen and oxygen atoms in total. The highest BCUT2D eigenvalue weighted by Gasteiger charge is 2.29. The molecule has 5 heteroatoms. The number of thioether (sulfide) groups is 1. The highest BCUT2D eigenvalue weighted by molar-refractivity contribution is 7.99. The molecule has 2 N–H and O–H groups in total. The number of anilines is 1. The van der Waals surface area contributed by atoms with E-state index in [9.17, 15) is 0 Å². The molecule has 1 fully saturated rings. The Kier molecular flexibility index (Phi) is 3.46. The van der Waals surface area contributed by atoms with Crippen molar-refractivity contribution in [2.24, 2.45) is 0 Å². The van der Waals surface area contributed by atoms with Gasteiger partial charge in [-0.15, -0.1) is 0 Å². The van der Waals surface area contributed by atoms with Gasteiger partial charge in [0.05, 0.1) is 18.2 Å². The summed E-state index contributed by atoms with van der Waals surface area (Å²) in [5, 5.41) is 0.690. The van der Waals surface area contributed by atoms with E-state index < -0.39 is 0 Å². The number of hydrogen-bond acceptors (Lipinski definition) is 4. The third kappa shape index (κ3) is 2.34. The lowest BCUT2D eigenvalue weighted by Gasteiger charge is -2.21. The summed E-state index contributed by atoms with van der Waals surface area (Å²) < 4.78 is 2.31. The number of pyridine rings is 1. The van der Waals surface area contributed by atoms with E-state index in [0.717, 1.165) is 11.3 Å². The van der Waals surface area contributed by atoms with Gasteiger partial charge in [0.1, 0.15) is 5.82 Å². The minimum atomic E-state index is 0.546. The van der Waals surface area contributed by atoms with Gasteiger partial charge in [0.2, 0.25) is 0 Å². The van der Waals surface area contributed by atoms with Gasteiger partial charge in [-0.05, 0) is 31.2 Å². The highest BCUT2D eigenvalue weighted by atomic mass is 32.2. The predicted octanol–water partition coefficient (Wildman–Crippen LogP) is 2.98. The molecular formula is C14H18N4S. The van der Waals surface area contributed by atoms with E-state index in [4.69, 9.17) is 5.73 Å². The first kappa shape index (κ1) is 12.5. The molecule has 1 saturated carbocycles. The molecule has 2 unspecified atom stereocenters. The van der Waals surface area contributed by atoms with Crippen molar-refractivity contribution in [3.8, 4) is 11.3 Å². The molecular weight excluding hydrogens is 256 g/mol.